The molecule has 0 atom stereocenters. The number of nitrogens with one attached hydrogen (secondary N) is 1. The van der Waals surface area contributed by atoms with Crippen LogP contribution in [0, 0.1) is 0 Å². The zero-order chi connectivity index (χ0) is 15.7. The van der Waals surface area contributed by atoms with Crippen LogP contribution in [0.2, 0.25) is 0 Å². The van der Waals surface area contributed by atoms with Crippen molar-refractivity contribution in [1.29, 1.82) is 0 Å². The van der Waals surface area contributed by atoms with Gasteiger partial charge in [-0.25, -0.2) is 0 Å². The van der Waals surface area contributed by atoms with Gasteiger partial charge < -0.3 is 15.0 Å². The van der Waals surface area contributed by atoms with Gasteiger partial charge in [0.15, 0.2) is 0 Å². The zero-order valence-corrected chi connectivity index (χ0v) is 12.4. The van der Waals surface area contributed by atoms with Crippen LogP contribution in [-0.4, -0.2) is 21.6 Å². The number of rotatable bonds is 4. The first kappa shape index (κ1) is 14.4. The number of carbonyl (C=O) groups excluding carboxylic acids is 1. The molecule has 2 aromatic rings. The van der Waals surface area contributed by atoms with E-state index in [2.05, 4.69) is 5.32 Å². The maximum Gasteiger partial charge on any atom is 0.323 e. The highest BCUT2D eigenvalue weighted by molar-refractivity contribution is 6.05. The third kappa shape index (κ3) is 2.74. The number of carbonyl (C=O) groups is 2. The van der Waals surface area contributed by atoms with Gasteiger partial charge in [0.05, 0.1) is 0 Å². The van der Waals surface area contributed by atoms with Gasteiger partial charge in [0.2, 0.25) is 0 Å². The number of fused-ring (bicyclic) bond motifs is 1. The molecule has 5 nitrogen and oxygen atoms in total. The zero-order valence-electron chi connectivity index (χ0n) is 12.4. The summed E-state index contributed by atoms with van der Waals surface area (Å²) in [6.45, 7) is 1.94. The summed E-state index contributed by atoms with van der Waals surface area (Å²) in [6, 6.07) is 7.37. The Kier molecular flexibility index (Phi) is 3.71. The van der Waals surface area contributed by atoms with Gasteiger partial charge in [-0.05, 0) is 50.5 Å². The van der Waals surface area contributed by atoms with Crippen molar-refractivity contribution in [2.24, 2.45) is 0 Å². The van der Waals surface area contributed by atoms with Crippen molar-refractivity contribution in [3.05, 3.63) is 41.6 Å². The summed E-state index contributed by atoms with van der Waals surface area (Å²) in [5.41, 5.74) is 3.64. The average molecular weight is 298 g/mol. The number of carboxylic acid groups (broad SMARTS) is 1. The van der Waals surface area contributed by atoms with Gasteiger partial charge in [-0.3, -0.25) is 9.59 Å². The van der Waals surface area contributed by atoms with E-state index in [4.69, 9.17) is 5.11 Å². The van der Waals surface area contributed by atoms with Crippen LogP contribution in [0.25, 0.3) is 10.9 Å². The van der Waals surface area contributed by atoms with Gasteiger partial charge in [0.1, 0.15) is 6.54 Å². The molecule has 0 fully saturated rings. The number of aromatic nitrogens is 1. The summed E-state index contributed by atoms with van der Waals surface area (Å²) in [4.78, 5) is 23.1. The van der Waals surface area contributed by atoms with Gasteiger partial charge in [-0.15, -0.1) is 0 Å². The second-order valence-electron chi connectivity index (χ2n) is 5.68. The van der Waals surface area contributed by atoms with Gasteiger partial charge in [-0.1, -0.05) is 5.57 Å². The first-order valence-corrected chi connectivity index (χ1v) is 7.35. The summed E-state index contributed by atoms with van der Waals surface area (Å²) in [6.07, 6.45) is 4.63. The summed E-state index contributed by atoms with van der Waals surface area (Å²) in [7, 11) is 0. The van der Waals surface area contributed by atoms with E-state index in [1.807, 2.05) is 31.2 Å². The number of carboxylic acids is 1. The molecule has 1 aromatic heterocycles. The van der Waals surface area contributed by atoms with E-state index < -0.39 is 5.97 Å². The minimum absolute atomic E-state index is 0.0284. The summed E-state index contributed by atoms with van der Waals surface area (Å²) >= 11 is 0. The lowest BCUT2D eigenvalue weighted by Gasteiger charge is -2.08. The van der Waals surface area contributed by atoms with E-state index in [1.165, 1.54) is 5.57 Å². The van der Waals surface area contributed by atoms with Crippen LogP contribution in [0.15, 0.2) is 41.6 Å². The summed E-state index contributed by atoms with van der Waals surface area (Å²) in [5.74, 6) is -0.905. The molecule has 0 bridgehead atoms. The largest absolute Gasteiger partial charge is 0.480 e. The van der Waals surface area contributed by atoms with E-state index in [0.717, 1.165) is 41.4 Å². The second kappa shape index (κ2) is 5.67. The van der Waals surface area contributed by atoms with Gasteiger partial charge in [0, 0.05) is 28.4 Å². The number of allylic oxidation sites excluding steroid dienone is 1. The van der Waals surface area contributed by atoms with E-state index in [0.29, 0.717) is 0 Å². The topological polar surface area (TPSA) is 71.3 Å². The lowest BCUT2D eigenvalue weighted by molar-refractivity contribution is -0.137. The second-order valence-corrected chi connectivity index (χ2v) is 5.68. The molecule has 1 heterocycles. The minimum Gasteiger partial charge on any atom is -0.480 e. The van der Waals surface area contributed by atoms with E-state index in [-0.39, 0.29) is 12.5 Å². The number of amides is 1. The maximum atomic E-state index is 12.3. The van der Waals surface area contributed by atoms with Crippen LogP contribution >= 0.6 is 0 Å². The molecule has 0 unspecified atom stereocenters. The van der Waals surface area contributed by atoms with Crippen molar-refractivity contribution >= 4 is 28.5 Å². The molecule has 5 heteroatoms. The number of nitrogens with zero attached hydrogens (tertiary/aromatic N) is 1. The smallest absolute Gasteiger partial charge is 0.323 e. The number of anilines is 1. The highest BCUT2D eigenvalue weighted by Gasteiger charge is 2.18. The first-order valence-electron chi connectivity index (χ1n) is 7.35. The quantitative estimate of drug-likeness (QED) is 0.910. The predicted molar refractivity (Wildman–Crippen MR) is 84.8 cm³/mol. The van der Waals surface area contributed by atoms with Gasteiger partial charge in [0.25, 0.3) is 5.91 Å². The van der Waals surface area contributed by atoms with Crippen LogP contribution in [0.1, 0.15) is 26.2 Å². The molecule has 0 spiro atoms. The fourth-order valence-corrected chi connectivity index (χ4v) is 2.97. The predicted octanol–water partition coefficient (Wildman–Crippen LogP) is 3.16. The Morgan fingerprint density at radius 1 is 1.27 bits per heavy atom. The van der Waals surface area contributed by atoms with Gasteiger partial charge >= 0.3 is 5.97 Å². The molecule has 2 N–H and O–H groups in total. The molecule has 0 aliphatic heterocycles. The van der Waals surface area contributed by atoms with Crippen LogP contribution < -0.4 is 5.32 Å². The van der Waals surface area contributed by atoms with E-state index >= 15 is 0 Å². The normalized spacial score (nSPS) is 14.6. The Hall–Kier alpha value is -2.56. The van der Waals surface area contributed by atoms with Crippen molar-refractivity contribution < 1.29 is 14.7 Å². The fourth-order valence-electron chi connectivity index (χ4n) is 2.97. The molecule has 114 valence electrons. The number of hydrogen-bond acceptors (Lipinski definition) is 2. The van der Waals surface area contributed by atoms with Gasteiger partial charge in [-0.2, -0.15) is 0 Å². The maximum absolute atomic E-state index is 12.3. The van der Waals surface area contributed by atoms with E-state index in [9.17, 15) is 9.59 Å². The third-order valence-electron chi connectivity index (χ3n) is 4.10. The Morgan fingerprint density at radius 3 is 2.77 bits per heavy atom. The summed E-state index contributed by atoms with van der Waals surface area (Å²) < 4.78 is 1.67. The van der Waals surface area contributed by atoms with Crippen LogP contribution in [-0.2, 0) is 16.1 Å². The molecule has 1 amide bonds. The van der Waals surface area contributed by atoms with Crippen molar-refractivity contribution in [1.82, 2.24) is 4.57 Å². The molecule has 22 heavy (non-hydrogen) atoms. The van der Waals surface area contributed by atoms with Crippen LogP contribution in [0.5, 0.6) is 0 Å². The molecule has 1 aliphatic carbocycles. The molecule has 1 aliphatic rings. The lowest BCUT2D eigenvalue weighted by Crippen LogP contribution is -2.14. The Morgan fingerprint density at radius 2 is 2.09 bits per heavy atom. The monoisotopic (exact) mass is 298 g/mol. The molecular weight excluding hydrogens is 280 g/mol. The third-order valence-corrected chi connectivity index (χ3v) is 4.10. The highest BCUT2D eigenvalue weighted by Crippen LogP contribution is 2.27. The number of aliphatic carboxylic acids is 1. The molecule has 3 rings (SSSR count). The van der Waals surface area contributed by atoms with Crippen molar-refractivity contribution in [2.45, 2.75) is 32.7 Å². The van der Waals surface area contributed by atoms with Crippen LogP contribution in [0.3, 0.4) is 0 Å². The Balaban J connectivity index is 1.82. The van der Waals surface area contributed by atoms with Crippen molar-refractivity contribution in [2.75, 3.05) is 5.32 Å². The number of benzene rings is 1. The molecule has 0 saturated carbocycles. The van der Waals surface area contributed by atoms with Crippen molar-refractivity contribution in [3.8, 4) is 0 Å². The SMILES string of the molecule is CC1=C(C(=O)Nc2ccc3c(ccn3CC(=O)O)c2)CCC1. The first-order chi connectivity index (χ1) is 10.5. The highest BCUT2D eigenvalue weighted by atomic mass is 16.4. The standard InChI is InChI=1S/C17H18N2O3/c1-11-3-2-4-14(11)17(22)18-13-5-6-15-12(9-13)7-8-19(15)10-16(20)21/h5-9H,2-4,10H2,1H3,(H,18,22)(H,20,21). The van der Waals surface area contributed by atoms with Crippen LogP contribution in [0.4, 0.5) is 5.69 Å². The molecule has 0 radical (unpaired) electrons. The molecule has 1 aromatic carbocycles. The fraction of sp³-hybridized carbons (Fsp3) is 0.294. The molecule has 0 saturated heterocycles. The summed E-state index contributed by atoms with van der Waals surface area (Å²) in [5, 5.41) is 12.7. The van der Waals surface area contributed by atoms with E-state index in [1.54, 1.807) is 10.8 Å². The lowest BCUT2D eigenvalue weighted by atomic mass is 10.1. The molecular formula is C17H18N2O3. The van der Waals surface area contributed by atoms with Crippen molar-refractivity contribution in [3.63, 3.8) is 0 Å². The minimum atomic E-state index is -0.876. The number of hydrogen-bond donors (Lipinski definition) is 2. The average Bonchev–Trinajstić information content (AvgIpc) is 3.05. The Labute approximate surface area is 128 Å². The Bertz CT molecular complexity index is 786.